The summed E-state index contributed by atoms with van der Waals surface area (Å²) in [4.78, 5) is 25.2. The molecule has 1 aliphatic rings. The molecule has 2 aromatic rings. The standard InChI is InChI=1S/C20H22FN3O4S/c1-14(25)22-17-5-7-19(8-6-17)29(27,28)23-18-9-11-24(12-10-18)20(26)15-3-2-4-16(21)13-15/h2-8,13,18,23H,9-12H2,1H3,(H,22,25). The first-order valence-electron chi connectivity index (χ1n) is 9.19. The largest absolute Gasteiger partial charge is 0.339 e. The van der Waals surface area contributed by atoms with Gasteiger partial charge in [-0.25, -0.2) is 17.5 Å². The summed E-state index contributed by atoms with van der Waals surface area (Å²) in [5, 5.41) is 2.58. The minimum absolute atomic E-state index is 0.102. The molecule has 0 unspecified atom stereocenters. The van der Waals surface area contributed by atoms with Gasteiger partial charge < -0.3 is 10.2 Å². The summed E-state index contributed by atoms with van der Waals surface area (Å²) in [5.74, 6) is -0.972. The molecule has 1 saturated heterocycles. The molecule has 9 heteroatoms. The minimum Gasteiger partial charge on any atom is -0.339 e. The van der Waals surface area contributed by atoms with Crippen molar-refractivity contribution in [3.05, 3.63) is 59.9 Å². The van der Waals surface area contributed by atoms with Crippen molar-refractivity contribution in [2.75, 3.05) is 18.4 Å². The third kappa shape index (κ3) is 5.39. The average molecular weight is 419 g/mol. The Morgan fingerprint density at radius 3 is 2.31 bits per heavy atom. The van der Waals surface area contributed by atoms with Crippen LogP contribution >= 0.6 is 0 Å². The molecule has 0 aliphatic carbocycles. The smallest absolute Gasteiger partial charge is 0.253 e. The number of benzene rings is 2. The van der Waals surface area contributed by atoms with E-state index in [2.05, 4.69) is 10.0 Å². The highest BCUT2D eigenvalue weighted by Crippen LogP contribution is 2.19. The SMILES string of the molecule is CC(=O)Nc1ccc(S(=O)(=O)NC2CCN(C(=O)c3cccc(F)c3)CC2)cc1. The monoisotopic (exact) mass is 419 g/mol. The molecule has 0 saturated carbocycles. The van der Waals surface area contributed by atoms with E-state index < -0.39 is 15.8 Å². The van der Waals surface area contributed by atoms with Gasteiger partial charge in [0.2, 0.25) is 15.9 Å². The second-order valence-corrected chi connectivity index (χ2v) is 8.62. The Morgan fingerprint density at radius 1 is 1.07 bits per heavy atom. The lowest BCUT2D eigenvalue weighted by atomic mass is 10.0. The minimum atomic E-state index is -3.72. The number of sulfonamides is 1. The van der Waals surface area contributed by atoms with Gasteiger partial charge in [-0.2, -0.15) is 0 Å². The Labute approximate surface area is 169 Å². The third-order valence-electron chi connectivity index (χ3n) is 4.66. The number of piperidine rings is 1. The molecule has 1 fully saturated rings. The predicted molar refractivity (Wildman–Crippen MR) is 106 cm³/mol. The molecule has 3 rings (SSSR count). The van der Waals surface area contributed by atoms with Crippen LogP contribution in [0.25, 0.3) is 0 Å². The van der Waals surface area contributed by atoms with E-state index in [9.17, 15) is 22.4 Å². The van der Waals surface area contributed by atoms with Crippen molar-refractivity contribution in [3.63, 3.8) is 0 Å². The molecule has 1 heterocycles. The summed E-state index contributed by atoms with van der Waals surface area (Å²) in [6.45, 7) is 2.13. The molecule has 0 radical (unpaired) electrons. The molecular weight excluding hydrogens is 397 g/mol. The van der Waals surface area contributed by atoms with Crippen LogP contribution in [0.2, 0.25) is 0 Å². The molecular formula is C20H22FN3O4S. The van der Waals surface area contributed by atoms with Crippen LogP contribution in [0.4, 0.5) is 10.1 Å². The van der Waals surface area contributed by atoms with Gasteiger partial charge >= 0.3 is 0 Å². The number of hydrogen-bond acceptors (Lipinski definition) is 4. The summed E-state index contributed by atoms with van der Waals surface area (Å²) < 4.78 is 41.2. The zero-order valence-electron chi connectivity index (χ0n) is 15.9. The Balaban J connectivity index is 1.58. The van der Waals surface area contributed by atoms with Gasteiger partial charge in [0.05, 0.1) is 4.90 Å². The molecule has 29 heavy (non-hydrogen) atoms. The molecule has 2 amide bonds. The first-order valence-corrected chi connectivity index (χ1v) is 10.7. The number of likely N-dealkylation sites (tertiary alicyclic amines) is 1. The maximum atomic E-state index is 13.3. The van der Waals surface area contributed by atoms with Gasteiger partial charge in [-0.1, -0.05) is 6.07 Å². The van der Waals surface area contributed by atoms with Crippen molar-refractivity contribution in [1.82, 2.24) is 9.62 Å². The van der Waals surface area contributed by atoms with Crippen LogP contribution in [-0.4, -0.2) is 44.3 Å². The molecule has 1 aliphatic heterocycles. The Morgan fingerprint density at radius 2 is 1.72 bits per heavy atom. The fourth-order valence-corrected chi connectivity index (χ4v) is 4.52. The number of hydrogen-bond donors (Lipinski definition) is 2. The Hall–Kier alpha value is -2.78. The zero-order valence-corrected chi connectivity index (χ0v) is 16.7. The predicted octanol–water partition coefficient (Wildman–Crippen LogP) is 2.37. The zero-order chi connectivity index (χ0) is 21.0. The maximum absolute atomic E-state index is 13.3. The molecule has 2 aromatic carbocycles. The van der Waals surface area contributed by atoms with E-state index in [1.54, 1.807) is 11.0 Å². The fraction of sp³-hybridized carbons (Fsp3) is 0.300. The molecule has 7 nitrogen and oxygen atoms in total. The maximum Gasteiger partial charge on any atom is 0.253 e. The number of nitrogens with zero attached hydrogens (tertiary/aromatic N) is 1. The second kappa shape index (κ2) is 8.71. The van der Waals surface area contributed by atoms with Gasteiger partial charge in [0.1, 0.15) is 5.82 Å². The quantitative estimate of drug-likeness (QED) is 0.778. The van der Waals surface area contributed by atoms with E-state index in [0.29, 0.717) is 31.6 Å². The summed E-state index contributed by atoms with van der Waals surface area (Å²) in [7, 11) is -3.72. The summed E-state index contributed by atoms with van der Waals surface area (Å²) in [6, 6.07) is 11.1. The fourth-order valence-electron chi connectivity index (χ4n) is 3.21. The van der Waals surface area contributed by atoms with Crippen LogP contribution in [-0.2, 0) is 14.8 Å². The van der Waals surface area contributed by atoms with Gasteiger partial charge in [-0.05, 0) is 55.3 Å². The van der Waals surface area contributed by atoms with Crippen LogP contribution in [0, 0.1) is 5.82 Å². The third-order valence-corrected chi connectivity index (χ3v) is 6.20. The van der Waals surface area contributed by atoms with Gasteiger partial charge in [0, 0.05) is 37.3 Å². The molecule has 0 bridgehead atoms. The van der Waals surface area contributed by atoms with Crippen molar-refractivity contribution in [2.45, 2.75) is 30.7 Å². The lowest BCUT2D eigenvalue weighted by Gasteiger charge is -2.32. The summed E-state index contributed by atoms with van der Waals surface area (Å²) in [5.41, 5.74) is 0.795. The number of carbonyl (C=O) groups is 2. The number of halogens is 1. The molecule has 0 aromatic heterocycles. The second-order valence-electron chi connectivity index (χ2n) is 6.90. The van der Waals surface area contributed by atoms with Gasteiger partial charge in [0.25, 0.3) is 5.91 Å². The highest BCUT2D eigenvalue weighted by atomic mass is 32.2. The number of anilines is 1. The van der Waals surface area contributed by atoms with E-state index >= 15 is 0 Å². The van der Waals surface area contributed by atoms with Crippen LogP contribution in [0.5, 0.6) is 0 Å². The van der Waals surface area contributed by atoms with Crippen molar-refractivity contribution in [2.24, 2.45) is 0 Å². The molecule has 2 N–H and O–H groups in total. The lowest BCUT2D eigenvalue weighted by molar-refractivity contribution is -0.114. The van der Waals surface area contributed by atoms with E-state index in [0.717, 1.165) is 0 Å². The number of carbonyl (C=O) groups excluding carboxylic acids is 2. The van der Waals surface area contributed by atoms with Gasteiger partial charge in [0.15, 0.2) is 0 Å². The van der Waals surface area contributed by atoms with Crippen LogP contribution < -0.4 is 10.0 Å². The van der Waals surface area contributed by atoms with E-state index in [1.165, 1.54) is 49.4 Å². The lowest BCUT2D eigenvalue weighted by Crippen LogP contribution is -2.46. The average Bonchev–Trinajstić information content (AvgIpc) is 2.68. The van der Waals surface area contributed by atoms with E-state index in [4.69, 9.17) is 0 Å². The molecule has 0 atom stereocenters. The summed E-state index contributed by atoms with van der Waals surface area (Å²) in [6.07, 6.45) is 0.925. The van der Waals surface area contributed by atoms with Crippen molar-refractivity contribution in [1.29, 1.82) is 0 Å². The highest BCUT2D eigenvalue weighted by Gasteiger charge is 2.27. The molecule has 0 spiro atoms. The van der Waals surface area contributed by atoms with Gasteiger partial charge in [-0.3, -0.25) is 9.59 Å². The van der Waals surface area contributed by atoms with Crippen LogP contribution in [0.3, 0.4) is 0 Å². The van der Waals surface area contributed by atoms with E-state index in [-0.39, 0.29) is 28.3 Å². The first-order chi connectivity index (χ1) is 13.7. The van der Waals surface area contributed by atoms with Crippen LogP contribution in [0.1, 0.15) is 30.1 Å². The van der Waals surface area contributed by atoms with Crippen LogP contribution in [0.15, 0.2) is 53.4 Å². The Kier molecular flexibility index (Phi) is 6.29. The van der Waals surface area contributed by atoms with E-state index in [1.807, 2.05) is 0 Å². The normalized spacial score (nSPS) is 15.2. The molecule has 154 valence electrons. The summed E-state index contributed by atoms with van der Waals surface area (Å²) >= 11 is 0. The highest BCUT2D eigenvalue weighted by molar-refractivity contribution is 7.89. The number of amides is 2. The first kappa shape index (κ1) is 20.9. The topological polar surface area (TPSA) is 95.6 Å². The number of nitrogens with one attached hydrogen (secondary N) is 2. The van der Waals surface area contributed by atoms with Crippen molar-refractivity contribution < 1.29 is 22.4 Å². The van der Waals surface area contributed by atoms with Crippen molar-refractivity contribution >= 4 is 27.5 Å². The Bertz CT molecular complexity index is 1000. The number of rotatable bonds is 5. The van der Waals surface area contributed by atoms with Gasteiger partial charge in [-0.15, -0.1) is 0 Å². The van der Waals surface area contributed by atoms with Crippen molar-refractivity contribution in [3.8, 4) is 0 Å².